The number of hydrogen-bond donors (Lipinski definition) is 0. The van der Waals surface area contributed by atoms with E-state index in [0.29, 0.717) is 17.5 Å². The normalized spacial score (nSPS) is 12.7. The summed E-state index contributed by atoms with van der Waals surface area (Å²) in [6, 6.07) is 51.5. The molecule has 0 unspecified atom stereocenters. The molecule has 2 aromatic heterocycles. The molecule has 230 valence electrons. The van der Waals surface area contributed by atoms with Crippen molar-refractivity contribution in [3.05, 3.63) is 163 Å². The quantitative estimate of drug-likeness (QED) is 0.195. The first-order valence-corrected chi connectivity index (χ1v) is 16.8. The molecule has 1 aliphatic carbocycles. The van der Waals surface area contributed by atoms with Crippen LogP contribution >= 0.6 is 0 Å². The molecule has 9 aromatic rings. The van der Waals surface area contributed by atoms with Gasteiger partial charge in [0.1, 0.15) is 0 Å². The fraction of sp³-hybridized carbons (Fsp3) is 0.0444. The summed E-state index contributed by atoms with van der Waals surface area (Å²) in [6.07, 6.45) is 6.79. The van der Waals surface area contributed by atoms with Crippen LogP contribution in [0.3, 0.4) is 0 Å². The first-order valence-electron chi connectivity index (χ1n) is 16.8. The third-order valence-electron chi connectivity index (χ3n) is 9.86. The molecule has 0 radical (unpaired) electrons. The molecule has 10 rings (SSSR count). The zero-order valence-corrected chi connectivity index (χ0v) is 26.7. The topological polar surface area (TPSA) is 43.6 Å². The number of rotatable bonds is 4. The number of hydrogen-bond acceptors (Lipinski definition) is 3. The minimum atomic E-state index is 0.644. The van der Waals surface area contributed by atoms with Crippen LogP contribution in [-0.4, -0.2) is 19.5 Å². The van der Waals surface area contributed by atoms with Gasteiger partial charge in [0.25, 0.3) is 0 Å². The van der Waals surface area contributed by atoms with Crippen molar-refractivity contribution in [2.24, 2.45) is 0 Å². The van der Waals surface area contributed by atoms with E-state index in [4.69, 9.17) is 15.0 Å². The standard InChI is InChI=1S/C45H30N4/c1-2-14-32(15-3-1)43-46-44(48-45(47-43)35-22-21-29-11-4-5-16-33(29)27-35)34-17-10-18-36(28-34)49-39-25-23-30-12-6-8-19-37(30)41(39)42-38-20-9-7-13-31(38)24-26-40(42)49/h1-6,8-12,14-28H,7,13H2. The lowest BCUT2D eigenvalue weighted by molar-refractivity contribution is 0.989. The fourth-order valence-electron chi connectivity index (χ4n) is 7.53. The molecular weight excluding hydrogens is 597 g/mol. The molecule has 4 heteroatoms. The van der Waals surface area contributed by atoms with E-state index < -0.39 is 0 Å². The molecule has 2 heterocycles. The molecular formula is C45H30N4. The Balaban J connectivity index is 1.20. The summed E-state index contributed by atoms with van der Waals surface area (Å²) < 4.78 is 2.41. The van der Waals surface area contributed by atoms with E-state index in [1.165, 1.54) is 49.1 Å². The Morgan fingerprint density at radius 1 is 0.469 bits per heavy atom. The average molecular weight is 627 g/mol. The fourth-order valence-corrected chi connectivity index (χ4v) is 7.53. The highest BCUT2D eigenvalue weighted by Gasteiger charge is 2.20. The Morgan fingerprint density at radius 3 is 1.98 bits per heavy atom. The van der Waals surface area contributed by atoms with Crippen LogP contribution in [0.25, 0.3) is 89.3 Å². The van der Waals surface area contributed by atoms with Crippen molar-refractivity contribution in [1.82, 2.24) is 19.5 Å². The second-order valence-corrected chi connectivity index (χ2v) is 12.8. The molecule has 0 saturated heterocycles. The van der Waals surface area contributed by atoms with E-state index in [1.54, 1.807) is 0 Å². The summed E-state index contributed by atoms with van der Waals surface area (Å²) in [7, 11) is 0. The van der Waals surface area contributed by atoms with Gasteiger partial charge in [-0.15, -0.1) is 0 Å². The number of fused-ring (bicyclic) bond motifs is 8. The number of aryl methyl sites for hydroxylation is 1. The first kappa shape index (κ1) is 27.7. The van der Waals surface area contributed by atoms with Gasteiger partial charge in [0.2, 0.25) is 0 Å². The van der Waals surface area contributed by atoms with Gasteiger partial charge in [-0.2, -0.15) is 0 Å². The molecule has 1 aliphatic rings. The van der Waals surface area contributed by atoms with Gasteiger partial charge >= 0.3 is 0 Å². The van der Waals surface area contributed by atoms with Crippen LogP contribution in [0.2, 0.25) is 0 Å². The molecule has 0 fully saturated rings. The average Bonchev–Trinajstić information content (AvgIpc) is 3.53. The second kappa shape index (κ2) is 11.1. The molecule has 4 nitrogen and oxygen atoms in total. The molecule has 0 aliphatic heterocycles. The van der Waals surface area contributed by atoms with Crippen LogP contribution in [0.5, 0.6) is 0 Å². The van der Waals surface area contributed by atoms with E-state index in [2.05, 4.69) is 144 Å². The summed E-state index contributed by atoms with van der Waals surface area (Å²) in [5.74, 6) is 1.95. The van der Waals surface area contributed by atoms with Crippen LogP contribution in [0.15, 0.2) is 152 Å². The van der Waals surface area contributed by atoms with Crippen LogP contribution in [0.1, 0.15) is 17.5 Å². The van der Waals surface area contributed by atoms with Crippen LogP contribution in [0, 0.1) is 0 Å². The monoisotopic (exact) mass is 626 g/mol. The number of benzene rings is 7. The van der Waals surface area contributed by atoms with E-state index in [-0.39, 0.29) is 0 Å². The highest BCUT2D eigenvalue weighted by molar-refractivity contribution is 6.23. The molecule has 0 saturated carbocycles. The smallest absolute Gasteiger partial charge is 0.164 e. The Kier molecular flexibility index (Phi) is 6.28. The lowest BCUT2D eigenvalue weighted by Crippen LogP contribution is -2.01. The zero-order chi connectivity index (χ0) is 32.3. The van der Waals surface area contributed by atoms with Gasteiger partial charge in [-0.3, -0.25) is 0 Å². The minimum absolute atomic E-state index is 0.644. The zero-order valence-electron chi connectivity index (χ0n) is 26.7. The van der Waals surface area contributed by atoms with Crippen LogP contribution in [0.4, 0.5) is 0 Å². The largest absolute Gasteiger partial charge is 0.309 e. The Bertz CT molecular complexity index is 2770. The first-order chi connectivity index (χ1) is 24.3. The molecule has 0 spiro atoms. The van der Waals surface area contributed by atoms with Crippen molar-refractivity contribution < 1.29 is 0 Å². The SMILES string of the molecule is C1=Cc2c(ccc3c2c2c4ccccc4ccc2n3-c2cccc(-c3nc(-c4ccccc4)nc(-c4ccc5ccccc5c4)n3)c2)CC1. The van der Waals surface area contributed by atoms with E-state index in [1.807, 2.05) is 18.2 Å². The van der Waals surface area contributed by atoms with Gasteiger partial charge in [-0.05, 0) is 75.8 Å². The van der Waals surface area contributed by atoms with Crippen molar-refractivity contribution in [2.45, 2.75) is 12.8 Å². The summed E-state index contributed by atoms with van der Waals surface area (Å²) in [5, 5.41) is 7.48. The molecule has 7 aromatic carbocycles. The highest BCUT2D eigenvalue weighted by Crippen LogP contribution is 2.41. The summed E-state index contributed by atoms with van der Waals surface area (Å²) >= 11 is 0. The van der Waals surface area contributed by atoms with E-state index in [9.17, 15) is 0 Å². The number of allylic oxidation sites excluding steroid dienone is 1. The maximum Gasteiger partial charge on any atom is 0.164 e. The maximum absolute atomic E-state index is 5.11. The number of nitrogens with zero attached hydrogens (tertiary/aromatic N) is 4. The second-order valence-electron chi connectivity index (χ2n) is 12.8. The minimum Gasteiger partial charge on any atom is -0.309 e. The Labute approximate surface area is 283 Å². The molecule has 49 heavy (non-hydrogen) atoms. The molecule has 0 N–H and O–H groups in total. The van der Waals surface area contributed by atoms with E-state index >= 15 is 0 Å². The summed E-state index contributed by atoms with van der Waals surface area (Å²) in [5.41, 5.74) is 9.07. The third-order valence-corrected chi connectivity index (χ3v) is 9.86. The van der Waals surface area contributed by atoms with Crippen LogP contribution < -0.4 is 0 Å². The maximum atomic E-state index is 5.11. The van der Waals surface area contributed by atoms with Gasteiger partial charge in [0.15, 0.2) is 17.5 Å². The van der Waals surface area contributed by atoms with Crippen molar-refractivity contribution >= 4 is 49.4 Å². The van der Waals surface area contributed by atoms with Gasteiger partial charge < -0.3 is 4.57 Å². The van der Waals surface area contributed by atoms with Crippen LogP contribution in [-0.2, 0) is 6.42 Å². The molecule has 0 bridgehead atoms. The molecule has 0 amide bonds. The number of aromatic nitrogens is 4. The predicted molar refractivity (Wildman–Crippen MR) is 203 cm³/mol. The Hall–Kier alpha value is -6.39. The summed E-state index contributed by atoms with van der Waals surface area (Å²) in [6.45, 7) is 0. The summed E-state index contributed by atoms with van der Waals surface area (Å²) in [4.78, 5) is 15.2. The third kappa shape index (κ3) is 4.56. The Morgan fingerprint density at radius 2 is 1.12 bits per heavy atom. The van der Waals surface area contributed by atoms with Gasteiger partial charge in [0.05, 0.1) is 11.0 Å². The predicted octanol–water partition coefficient (Wildman–Crippen LogP) is 11.2. The van der Waals surface area contributed by atoms with E-state index in [0.717, 1.165) is 40.6 Å². The van der Waals surface area contributed by atoms with Gasteiger partial charge in [0, 0.05) is 33.2 Å². The van der Waals surface area contributed by atoms with Crippen molar-refractivity contribution in [2.75, 3.05) is 0 Å². The van der Waals surface area contributed by atoms with Gasteiger partial charge in [-0.1, -0.05) is 127 Å². The van der Waals surface area contributed by atoms with Crippen molar-refractivity contribution in [3.8, 4) is 39.9 Å². The molecule has 0 atom stereocenters. The van der Waals surface area contributed by atoms with Crippen molar-refractivity contribution in [1.29, 1.82) is 0 Å². The van der Waals surface area contributed by atoms with Crippen molar-refractivity contribution in [3.63, 3.8) is 0 Å². The lowest BCUT2D eigenvalue weighted by atomic mass is 9.92. The van der Waals surface area contributed by atoms with Gasteiger partial charge in [-0.25, -0.2) is 15.0 Å². The highest BCUT2D eigenvalue weighted by atomic mass is 15.0. The lowest BCUT2D eigenvalue weighted by Gasteiger charge is -2.14.